The summed E-state index contributed by atoms with van der Waals surface area (Å²) in [5, 5.41) is 8.52. The van der Waals surface area contributed by atoms with Gasteiger partial charge in [0, 0.05) is 0 Å². The second kappa shape index (κ2) is 2.19. The molecule has 1 N–H and O–H groups in total. The summed E-state index contributed by atoms with van der Waals surface area (Å²) < 4.78 is 10.4. The zero-order valence-electron chi connectivity index (χ0n) is 6.08. The van der Waals surface area contributed by atoms with E-state index in [1.165, 1.54) is 0 Å². The van der Waals surface area contributed by atoms with E-state index in [1.807, 2.05) is 0 Å². The summed E-state index contributed by atoms with van der Waals surface area (Å²) in [5.74, 6) is -0.930. The molecule has 0 amide bonds. The lowest BCUT2D eigenvalue weighted by Gasteiger charge is -2.26. The first-order chi connectivity index (χ1) is 5.22. The molecule has 1 unspecified atom stereocenters. The minimum Gasteiger partial charge on any atom is -0.479 e. The van der Waals surface area contributed by atoms with Gasteiger partial charge in [0.1, 0.15) is 0 Å². The van der Waals surface area contributed by atoms with Crippen LogP contribution in [0.25, 0.3) is 0 Å². The van der Waals surface area contributed by atoms with Gasteiger partial charge in [-0.1, -0.05) is 0 Å². The smallest absolute Gasteiger partial charge is 0.335 e. The van der Waals surface area contributed by atoms with Crippen molar-refractivity contribution in [2.75, 3.05) is 13.2 Å². The standard InChI is InChI=1S/C7H10O4/c8-6(9)5-3-11-7(1-2-7)4-10-5/h5H,1-4H2,(H,8,9). The Morgan fingerprint density at radius 2 is 2.27 bits per heavy atom. The molecule has 0 aromatic rings. The summed E-state index contributed by atoms with van der Waals surface area (Å²) in [6, 6.07) is 0. The number of rotatable bonds is 1. The molecule has 2 rings (SSSR count). The highest BCUT2D eigenvalue weighted by molar-refractivity contribution is 5.72. The Hall–Kier alpha value is -0.610. The van der Waals surface area contributed by atoms with Crippen LogP contribution in [0.2, 0.25) is 0 Å². The third-order valence-corrected chi connectivity index (χ3v) is 2.17. The van der Waals surface area contributed by atoms with Crippen molar-refractivity contribution >= 4 is 5.97 Å². The summed E-state index contributed by atoms with van der Waals surface area (Å²) in [5.41, 5.74) is -0.0913. The molecular formula is C7H10O4. The number of ether oxygens (including phenoxy) is 2. The topological polar surface area (TPSA) is 55.8 Å². The lowest BCUT2D eigenvalue weighted by molar-refractivity contribution is -0.180. The second-order valence-electron chi connectivity index (χ2n) is 3.13. The maximum atomic E-state index is 10.4. The molecule has 1 aliphatic heterocycles. The van der Waals surface area contributed by atoms with E-state index in [0.717, 1.165) is 12.8 Å². The lowest BCUT2D eigenvalue weighted by atomic mass is 10.3. The molecule has 0 aromatic carbocycles. The van der Waals surface area contributed by atoms with Crippen LogP contribution in [-0.4, -0.2) is 36.0 Å². The van der Waals surface area contributed by atoms with Crippen LogP contribution in [0.3, 0.4) is 0 Å². The van der Waals surface area contributed by atoms with Gasteiger partial charge in [-0.2, -0.15) is 0 Å². The van der Waals surface area contributed by atoms with Gasteiger partial charge in [-0.3, -0.25) is 0 Å². The highest BCUT2D eigenvalue weighted by Gasteiger charge is 2.48. The predicted molar refractivity (Wildman–Crippen MR) is 35.3 cm³/mol. The van der Waals surface area contributed by atoms with Gasteiger partial charge in [0.25, 0.3) is 0 Å². The van der Waals surface area contributed by atoms with Crippen molar-refractivity contribution in [2.24, 2.45) is 0 Å². The average Bonchev–Trinajstić information content (AvgIpc) is 2.70. The normalized spacial score (nSPS) is 33.6. The molecule has 1 saturated heterocycles. The maximum Gasteiger partial charge on any atom is 0.335 e. The molecule has 0 bridgehead atoms. The number of carbonyl (C=O) groups is 1. The molecular weight excluding hydrogens is 148 g/mol. The van der Waals surface area contributed by atoms with Crippen LogP contribution in [-0.2, 0) is 14.3 Å². The quantitative estimate of drug-likeness (QED) is 0.584. The van der Waals surface area contributed by atoms with Crippen LogP contribution in [0.1, 0.15) is 12.8 Å². The summed E-state index contributed by atoms with van der Waals surface area (Å²) >= 11 is 0. The second-order valence-corrected chi connectivity index (χ2v) is 3.13. The number of hydrogen-bond acceptors (Lipinski definition) is 3. The first-order valence-corrected chi connectivity index (χ1v) is 3.70. The molecule has 1 spiro atoms. The Morgan fingerprint density at radius 1 is 1.55 bits per heavy atom. The fourth-order valence-electron chi connectivity index (χ4n) is 1.17. The first kappa shape index (κ1) is 7.06. The molecule has 0 aromatic heterocycles. The lowest BCUT2D eigenvalue weighted by Crippen LogP contribution is -2.41. The van der Waals surface area contributed by atoms with Gasteiger partial charge in [-0.05, 0) is 12.8 Å². The van der Waals surface area contributed by atoms with Crippen molar-refractivity contribution in [2.45, 2.75) is 24.5 Å². The number of carboxylic acid groups (broad SMARTS) is 1. The SMILES string of the molecule is O=C(O)C1COC2(CC2)CO1. The summed E-state index contributed by atoms with van der Waals surface area (Å²) in [7, 11) is 0. The third kappa shape index (κ3) is 1.23. The Morgan fingerprint density at radius 3 is 2.64 bits per heavy atom. The minimum absolute atomic E-state index is 0.0913. The van der Waals surface area contributed by atoms with E-state index in [2.05, 4.69) is 0 Å². The zero-order valence-corrected chi connectivity index (χ0v) is 6.08. The van der Waals surface area contributed by atoms with Crippen molar-refractivity contribution in [3.8, 4) is 0 Å². The van der Waals surface area contributed by atoms with E-state index in [-0.39, 0.29) is 12.2 Å². The van der Waals surface area contributed by atoms with Crippen LogP contribution >= 0.6 is 0 Å². The van der Waals surface area contributed by atoms with Crippen LogP contribution in [0.15, 0.2) is 0 Å². The fraction of sp³-hybridized carbons (Fsp3) is 0.857. The molecule has 4 nitrogen and oxygen atoms in total. The van der Waals surface area contributed by atoms with Crippen LogP contribution < -0.4 is 0 Å². The monoisotopic (exact) mass is 158 g/mol. The van der Waals surface area contributed by atoms with Gasteiger partial charge in [0.2, 0.25) is 0 Å². The summed E-state index contributed by atoms with van der Waals surface area (Å²) in [4.78, 5) is 10.4. The Balaban J connectivity index is 1.89. The molecule has 0 radical (unpaired) electrons. The minimum atomic E-state index is -0.930. The number of aliphatic carboxylic acids is 1. The molecule has 2 aliphatic rings. The molecule has 1 heterocycles. The molecule has 2 fully saturated rings. The van der Waals surface area contributed by atoms with Crippen molar-refractivity contribution in [3.05, 3.63) is 0 Å². The van der Waals surface area contributed by atoms with Gasteiger partial charge in [0.05, 0.1) is 18.8 Å². The average molecular weight is 158 g/mol. The third-order valence-electron chi connectivity index (χ3n) is 2.17. The van der Waals surface area contributed by atoms with E-state index in [9.17, 15) is 4.79 Å². The van der Waals surface area contributed by atoms with Gasteiger partial charge in [-0.25, -0.2) is 4.79 Å². The van der Waals surface area contributed by atoms with Crippen molar-refractivity contribution in [3.63, 3.8) is 0 Å². The van der Waals surface area contributed by atoms with Crippen molar-refractivity contribution in [1.29, 1.82) is 0 Å². The van der Waals surface area contributed by atoms with Crippen LogP contribution in [0.5, 0.6) is 0 Å². The Kier molecular flexibility index (Phi) is 1.40. The number of hydrogen-bond donors (Lipinski definition) is 1. The Bertz CT molecular complexity index is 175. The molecule has 1 saturated carbocycles. The molecule has 4 heteroatoms. The molecule has 1 aliphatic carbocycles. The van der Waals surface area contributed by atoms with E-state index in [4.69, 9.17) is 14.6 Å². The summed E-state index contributed by atoms with van der Waals surface area (Å²) in [6.07, 6.45) is 1.28. The van der Waals surface area contributed by atoms with Crippen molar-refractivity contribution in [1.82, 2.24) is 0 Å². The van der Waals surface area contributed by atoms with E-state index < -0.39 is 12.1 Å². The fourth-order valence-corrected chi connectivity index (χ4v) is 1.17. The summed E-state index contributed by atoms with van der Waals surface area (Å²) in [6.45, 7) is 0.652. The van der Waals surface area contributed by atoms with Gasteiger partial charge in [-0.15, -0.1) is 0 Å². The molecule has 62 valence electrons. The Labute approximate surface area is 64.1 Å². The van der Waals surface area contributed by atoms with E-state index in [0.29, 0.717) is 6.61 Å². The van der Waals surface area contributed by atoms with Gasteiger partial charge in [0.15, 0.2) is 6.10 Å². The van der Waals surface area contributed by atoms with Crippen LogP contribution in [0.4, 0.5) is 0 Å². The highest BCUT2D eigenvalue weighted by atomic mass is 16.6. The largest absolute Gasteiger partial charge is 0.479 e. The van der Waals surface area contributed by atoms with Crippen molar-refractivity contribution < 1.29 is 19.4 Å². The van der Waals surface area contributed by atoms with E-state index in [1.54, 1.807) is 0 Å². The predicted octanol–water partition coefficient (Wildman–Crippen LogP) is 0.0190. The highest BCUT2D eigenvalue weighted by Crippen LogP contribution is 2.42. The van der Waals surface area contributed by atoms with Crippen LogP contribution in [0, 0.1) is 0 Å². The van der Waals surface area contributed by atoms with Gasteiger partial charge < -0.3 is 14.6 Å². The number of carboxylic acids is 1. The zero-order chi connectivity index (χ0) is 7.90. The molecule has 1 atom stereocenters. The van der Waals surface area contributed by atoms with E-state index >= 15 is 0 Å². The first-order valence-electron chi connectivity index (χ1n) is 3.70. The van der Waals surface area contributed by atoms with Gasteiger partial charge >= 0.3 is 5.97 Å². The maximum absolute atomic E-state index is 10.4. The molecule has 11 heavy (non-hydrogen) atoms.